The molecule has 5 rings (SSSR count). The molecule has 0 radical (unpaired) electrons. The van der Waals surface area contributed by atoms with Crippen LogP contribution in [0.25, 0.3) is 0 Å². The van der Waals surface area contributed by atoms with Crippen LogP contribution in [0.3, 0.4) is 0 Å². The van der Waals surface area contributed by atoms with Gasteiger partial charge in [0.25, 0.3) is 5.91 Å². The van der Waals surface area contributed by atoms with Crippen LogP contribution in [-0.4, -0.2) is 46.8 Å². The van der Waals surface area contributed by atoms with Crippen molar-refractivity contribution in [2.75, 3.05) is 18.4 Å². The van der Waals surface area contributed by atoms with E-state index in [1.165, 1.54) is 11.3 Å². The van der Waals surface area contributed by atoms with Crippen molar-refractivity contribution in [1.29, 1.82) is 0 Å². The number of benzene rings is 2. The molecule has 3 heterocycles. The van der Waals surface area contributed by atoms with Gasteiger partial charge in [-0.2, -0.15) is 0 Å². The van der Waals surface area contributed by atoms with Crippen LogP contribution in [0.1, 0.15) is 45.3 Å². The third-order valence-electron chi connectivity index (χ3n) is 6.43. The van der Waals surface area contributed by atoms with Gasteiger partial charge in [0.2, 0.25) is 5.91 Å². The highest BCUT2D eigenvalue weighted by molar-refractivity contribution is 7.12. The molecule has 0 aliphatic carbocycles. The van der Waals surface area contributed by atoms with Crippen molar-refractivity contribution in [3.8, 4) is 0 Å². The number of rotatable bonds is 6. The quantitative estimate of drug-likeness (QED) is 0.529. The van der Waals surface area contributed by atoms with Crippen LogP contribution < -0.4 is 5.32 Å². The molecule has 8 heteroatoms. The van der Waals surface area contributed by atoms with Gasteiger partial charge in [0.1, 0.15) is 0 Å². The zero-order valence-electron chi connectivity index (χ0n) is 19.5. The van der Waals surface area contributed by atoms with Crippen LogP contribution in [0.2, 0.25) is 0 Å². The number of hydrogen-bond acceptors (Lipinski definition) is 5. The number of anilines is 1. The number of thiophene rings is 1. The van der Waals surface area contributed by atoms with E-state index < -0.39 is 18.2 Å². The molecule has 1 N–H and O–H groups in total. The third-order valence-corrected chi connectivity index (χ3v) is 7.30. The smallest absolute Gasteiger partial charge is 0.411 e. The predicted octanol–water partition coefficient (Wildman–Crippen LogP) is 4.99. The van der Waals surface area contributed by atoms with E-state index in [2.05, 4.69) is 5.32 Å². The lowest BCUT2D eigenvalue weighted by molar-refractivity contribution is -0.135. The zero-order valence-corrected chi connectivity index (χ0v) is 20.3. The van der Waals surface area contributed by atoms with Gasteiger partial charge in [-0.15, -0.1) is 11.3 Å². The Kier molecular flexibility index (Phi) is 6.55. The second-order valence-corrected chi connectivity index (χ2v) is 9.90. The van der Waals surface area contributed by atoms with Gasteiger partial charge in [-0.25, -0.2) is 4.79 Å². The van der Waals surface area contributed by atoms with Crippen LogP contribution in [0.5, 0.6) is 0 Å². The minimum atomic E-state index is -0.743. The van der Waals surface area contributed by atoms with Gasteiger partial charge in [-0.1, -0.05) is 48.0 Å². The predicted molar refractivity (Wildman–Crippen MR) is 134 cm³/mol. The van der Waals surface area contributed by atoms with E-state index >= 15 is 0 Å². The Hall–Kier alpha value is -3.65. The largest absolute Gasteiger partial charge is 0.438 e. The number of amides is 3. The highest BCUT2D eigenvalue weighted by atomic mass is 32.1. The van der Waals surface area contributed by atoms with Crippen molar-refractivity contribution in [3.05, 3.63) is 87.6 Å². The minimum absolute atomic E-state index is 0.0823. The number of nitrogens with zero attached hydrogens (tertiary/aromatic N) is 2. The Bertz CT molecular complexity index is 1220. The van der Waals surface area contributed by atoms with E-state index in [-0.39, 0.29) is 11.8 Å². The normalized spacial score (nSPS) is 19.6. The van der Waals surface area contributed by atoms with Gasteiger partial charge in [-0.05, 0) is 54.5 Å². The summed E-state index contributed by atoms with van der Waals surface area (Å²) in [6.45, 7) is 3.70. The zero-order chi connectivity index (χ0) is 24.4. The minimum Gasteiger partial charge on any atom is -0.438 e. The topological polar surface area (TPSA) is 79.0 Å². The maximum atomic E-state index is 13.6. The van der Waals surface area contributed by atoms with Crippen molar-refractivity contribution in [2.45, 2.75) is 38.5 Å². The number of cyclic esters (lactones) is 1. The average Bonchev–Trinajstić information content (AvgIpc) is 3.62. The Morgan fingerprint density at radius 3 is 2.51 bits per heavy atom. The maximum absolute atomic E-state index is 13.6. The Balaban J connectivity index is 1.39. The fourth-order valence-electron chi connectivity index (χ4n) is 4.68. The van der Waals surface area contributed by atoms with Gasteiger partial charge in [-0.3, -0.25) is 14.5 Å². The van der Waals surface area contributed by atoms with E-state index in [1.807, 2.05) is 59.7 Å². The van der Waals surface area contributed by atoms with E-state index in [0.717, 1.165) is 29.5 Å². The monoisotopic (exact) mass is 489 g/mol. The molecule has 0 saturated carbocycles. The first kappa shape index (κ1) is 23.1. The summed E-state index contributed by atoms with van der Waals surface area (Å²) in [6.07, 6.45) is 0.717. The SMILES string of the molecule is Cc1cccc(CN2C(=O)O[C@@H](c3ccc(NC(=O)c4cccs4)cc3)[C@@H]2C(=O)N2CCCC2)c1. The first-order valence-electron chi connectivity index (χ1n) is 11.8. The van der Waals surface area contributed by atoms with E-state index in [1.54, 1.807) is 23.1 Å². The maximum Gasteiger partial charge on any atom is 0.411 e. The Morgan fingerprint density at radius 1 is 1.06 bits per heavy atom. The third kappa shape index (κ3) is 4.93. The Morgan fingerprint density at radius 2 is 1.83 bits per heavy atom. The molecule has 0 bridgehead atoms. The van der Waals surface area contributed by atoms with Gasteiger partial charge < -0.3 is 15.0 Å². The standard InChI is InChI=1S/C27H27N3O4S/c1-18-6-4-7-19(16-18)17-30-23(26(32)29-13-2-3-14-29)24(34-27(30)33)20-9-11-21(12-10-20)28-25(31)22-8-5-15-35-22/h4-12,15-16,23-24H,2-3,13-14,17H2,1H3,(H,28,31)/t23-,24+/m1/s1. The van der Waals surface area contributed by atoms with Crippen molar-refractivity contribution in [3.63, 3.8) is 0 Å². The number of aryl methyl sites for hydroxylation is 1. The molecule has 2 aliphatic heterocycles. The molecule has 0 unspecified atom stereocenters. The molecule has 0 spiro atoms. The fourth-order valence-corrected chi connectivity index (χ4v) is 5.30. The van der Waals surface area contributed by atoms with Crippen molar-refractivity contribution in [2.24, 2.45) is 0 Å². The van der Waals surface area contributed by atoms with Crippen molar-refractivity contribution >= 4 is 34.9 Å². The molecule has 2 fully saturated rings. The molecule has 1 aromatic heterocycles. The first-order valence-corrected chi connectivity index (χ1v) is 12.6. The molecule has 3 aromatic rings. The second-order valence-electron chi connectivity index (χ2n) is 8.95. The summed E-state index contributed by atoms with van der Waals surface area (Å²) in [4.78, 5) is 43.0. The molecular formula is C27H27N3O4S. The summed E-state index contributed by atoms with van der Waals surface area (Å²) in [5.41, 5.74) is 3.40. The first-order chi connectivity index (χ1) is 17.0. The fraction of sp³-hybridized carbons (Fsp3) is 0.296. The lowest BCUT2D eigenvalue weighted by Crippen LogP contribution is -2.47. The molecule has 2 aliphatic rings. The number of hydrogen-bond donors (Lipinski definition) is 1. The Labute approximate surface area is 208 Å². The molecule has 180 valence electrons. The van der Waals surface area contributed by atoms with Crippen LogP contribution >= 0.6 is 11.3 Å². The van der Waals surface area contributed by atoms with Gasteiger partial charge in [0, 0.05) is 18.8 Å². The highest BCUT2D eigenvalue weighted by Gasteiger charge is 2.48. The number of likely N-dealkylation sites (tertiary alicyclic amines) is 1. The van der Waals surface area contributed by atoms with Crippen LogP contribution in [0.4, 0.5) is 10.5 Å². The molecule has 7 nitrogen and oxygen atoms in total. The second kappa shape index (κ2) is 9.92. The number of nitrogens with one attached hydrogen (secondary N) is 1. The van der Waals surface area contributed by atoms with Gasteiger partial charge in [0.05, 0.1) is 11.4 Å². The lowest BCUT2D eigenvalue weighted by Gasteiger charge is -2.28. The van der Waals surface area contributed by atoms with Gasteiger partial charge in [0.15, 0.2) is 12.1 Å². The molecular weight excluding hydrogens is 462 g/mol. The van der Waals surface area contributed by atoms with Crippen LogP contribution in [-0.2, 0) is 16.1 Å². The summed E-state index contributed by atoms with van der Waals surface area (Å²) in [7, 11) is 0. The molecule has 3 amide bonds. The van der Waals surface area contributed by atoms with E-state index in [4.69, 9.17) is 4.74 Å². The van der Waals surface area contributed by atoms with E-state index in [0.29, 0.717) is 30.2 Å². The summed E-state index contributed by atoms with van der Waals surface area (Å²) in [5.74, 6) is -0.257. The number of carbonyl (C=O) groups excluding carboxylic acids is 3. The molecule has 2 saturated heterocycles. The number of carbonyl (C=O) groups is 3. The van der Waals surface area contributed by atoms with Crippen molar-refractivity contribution < 1.29 is 19.1 Å². The summed E-state index contributed by atoms with van der Waals surface area (Å²) < 4.78 is 5.79. The molecule has 2 aromatic carbocycles. The van der Waals surface area contributed by atoms with Crippen LogP contribution in [0, 0.1) is 6.92 Å². The summed E-state index contributed by atoms with van der Waals surface area (Å²) >= 11 is 1.37. The molecule has 2 atom stereocenters. The van der Waals surface area contributed by atoms with Gasteiger partial charge >= 0.3 is 6.09 Å². The summed E-state index contributed by atoms with van der Waals surface area (Å²) in [6, 6.07) is 17.9. The summed E-state index contributed by atoms with van der Waals surface area (Å²) in [5, 5.41) is 4.73. The average molecular weight is 490 g/mol. The van der Waals surface area contributed by atoms with E-state index in [9.17, 15) is 14.4 Å². The lowest BCUT2D eigenvalue weighted by atomic mass is 9.99. The van der Waals surface area contributed by atoms with Crippen LogP contribution in [0.15, 0.2) is 66.0 Å². The number of ether oxygens (including phenoxy) is 1. The highest BCUT2D eigenvalue weighted by Crippen LogP contribution is 2.36. The molecule has 35 heavy (non-hydrogen) atoms. The van der Waals surface area contributed by atoms with Crippen molar-refractivity contribution in [1.82, 2.24) is 9.80 Å².